The molecule has 7 heteroatoms. The second-order valence-corrected chi connectivity index (χ2v) is 6.45. The molecule has 2 fully saturated rings. The number of amides is 1. The number of fused-ring (bicyclic) bond motifs is 1. The SMILES string of the molecule is CC(F)(F)[C@]1(C)CN2CC[C@@H](c3cc(F)cc(C#N)c3)N2C1=O. The van der Waals surface area contributed by atoms with Gasteiger partial charge in [-0.3, -0.25) is 9.80 Å². The Morgan fingerprint density at radius 2 is 2.09 bits per heavy atom. The highest BCUT2D eigenvalue weighted by Gasteiger charge is 2.62. The van der Waals surface area contributed by atoms with Crippen molar-refractivity contribution in [2.24, 2.45) is 5.41 Å². The van der Waals surface area contributed by atoms with Gasteiger partial charge in [0.1, 0.15) is 11.2 Å². The smallest absolute Gasteiger partial charge is 0.260 e. The zero-order valence-corrected chi connectivity index (χ0v) is 12.8. The fourth-order valence-corrected chi connectivity index (χ4v) is 3.31. The van der Waals surface area contributed by atoms with Gasteiger partial charge in [0.05, 0.1) is 17.7 Å². The van der Waals surface area contributed by atoms with E-state index in [9.17, 15) is 18.0 Å². The molecular formula is C16H16F3N3O. The molecule has 0 unspecified atom stereocenters. The lowest BCUT2D eigenvalue weighted by molar-refractivity contribution is -0.156. The van der Waals surface area contributed by atoms with E-state index in [2.05, 4.69) is 0 Å². The van der Waals surface area contributed by atoms with E-state index in [4.69, 9.17) is 5.26 Å². The lowest BCUT2D eigenvalue weighted by Crippen LogP contribution is -2.45. The number of rotatable bonds is 2. The van der Waals surface area contributed by atoms with Crippen LogP contribution in [0.4, 0.5) is 13.2 Å². The van der Waals surface area contributed by atoms with Gasteiger partial charge in [0.2, 0.25) is 0 Å². The third kappa shape index (κ3) is 2.29. The van der Waals surface area contributed by atoms with Crippen LogP contribution in [0.25, 0.3) is 0 Å². The Morgan fingerprint density at radius 1 is 1.39 bits per heavy atom. The normalized spacial score (nSPS) is 28.1. The monoisotopic (exact) mass is 323 g/mol. The van der Waals surface area contributed by atoms with Crippen LogP contribution in [0.5, 0.6) is 0 Å². The summed E-state index contributed by atoms with van der Waals surface area (Å²) in [6, 6.07) is 5.21. The number of halogens is 3. The maximum atomic E-state index is 13.9. The minimum absolute atomic E-state index is 0.0632. The van der Waals surface area contributed by atoms with Gasteiger partial charge in [-0.25, -0.2) is 18.2 Å². The number of carbonyl (C=O) groups is 1. The number of nitrogens with zero attached hydrogens (tertiary/aromatic N) is 3. The van der Waals surface area contributed by atoms with Gasteiger partial charge in [-0.2, -0.15) is 5.26 Å². The molecule has 3 rings (SSSR count). The zero-order valence-electron chi connectivity index (χ0n) is 12.8. The van der Waals surface area contributed by atoms with Gasteiger partial charge in [0.15, 0.2) is 0 Å². The number of hydrazine groups is 1. The molecule has 0 aliphatic carbocycles. The molecule has 122 valence electrons. The molecule has 1 aromatic carbocycles. The number of hydrogen-bond acceptors (Lipinski definition) is 3. The molecular weight excluding hydrogens is 307 g/mol. The predicted octanol–water partition coefficient (Wildman–Crippen LogP) is 2.86. The molecule has 0 aromatic heterocycles. The Balaban J connectivity index is 1.98. The topological polar surface area (TPSA) is 47.3 Å². The maximum Gasteiger partial charge on any atom is 0.260 e. The van der Waals surface area contributed by atoms with E-state index in [1.165, 1.54) is 24.1 Å². The first-order valence-corrected chi connectivity index (χ1v) is 7.34. The largest absolute Gasteiger partial charge is 0.272 e. The summed E-state index contributed by atoms with van der Waals surface area (Å²) in [5, 5.41) is 11.9. The van der Waals surface area contributed by atoms with Crippen LogP contribution < -0.4 is 0 Å². The van der Waals surface area contributed by atoms with Gasteiger partial charge in [0, 0.05) is 20.0 Å². The van der Waals surface area contributed by atoms with Crippen molar-refractivity contribution >= 4 is 5.91 Å². The molecule has 2 aliphatic rings. The Labute approximate surface area is 132 Å². The maximum absolute atomic E-state index is 13.9. The average molecular weight is 323 g/mol. The van der Waals surface area contributed by atoms with Gasteiger partial charge < -0.3 is 0 Å². The third-order valence-electron chi connectivity index (χ3n) is 4.84. The summed E-state index contributed by atoms with van der Waals surface area (Å²) in [5.41, 5.74) is -1.19. The Hall–Kier alpha value is -2.07. The van der Waals surface area contributed by atoms with Gasteiger partial charge in [0.25, 0.3) is 11.8 Å². The highest BCUT2D eigenvalue weighted by Crippen LogP contribution is 2.48. The van der Waals surface area contributed by atoms with Crippen molar-refractivity contribution < 1.29 is 18.0 Å². The fourth-order valence-electron chi connectivity index (χ4n) is 3.31. The van der Waals surface area contributed by atoms with Crippen LogP contribution in [0.15, 0.2) is 18.2 Å². The van der Waals surface area contributed by atoms with Crippen molar-refractivity contribution in [2.45, 2.75) is 32.2 Å². The molecule has 2 heterocycles. The number of alkyl halides is 2. The zero-order chi connectivity index (χ0) is 17.0. The highest BCUT2D eigenvalue weighted by molar-refractivity contribution is 5.86. The van der Waals surface area contributed by atoms with Crippen LogP contribution >= 0.6 is 0 Å². The molecule has 1 aromatic rings. The summed E-state index contributed by atoms with van der Waals surface area (Å²) < 4.78 is 41.5. The summed E-state index contributed by atoms with van der Waals surface area (Å²) in [4.78, 5) is 12.6. The van der Waals surface area contributed by atoms with E-state index in [0.717, 1.165) is 13.0 Å². The molecule has 0 N–H and O–H groups in total. The Morgan fingerprint density at radius 3 is 2.70 bits per heavy atom. The Bertz CT molecular complexity index is 710. The number of hydrogen-bond donors (Lipinski definition) is 0. The van der Waals surface area contributed by atoms with Crippen molar-refractivity contribution in [3.8, 4) is 6.07 Å². The van der Waals surface area contributed by atoms with E-state index in [1.807, 2.05) is 6.07 Å². The van der Waals surface area contributed by atoms with Crippen LogP contribution in [0.3, 0.4) is 0 Å². The van der Waals surface area contributed by atoms with E-state index >= 15 is 0 Å². The molecule has 1 amide bonds. The molecule has 0 bridgehead atoms. The van der Waals surface area contributed by atoms with Crippen LogP contribution in [0, 0.1) is 22.6 Å². The summed E-state index contributed by atoms with van der Waals surface area (Å²) >= 11 is 0. The standard InChI is InChI=1S/C16H16F3N3O/c1-15(16(2,18)19)9-21-4-3-13(22(21)14(15)23)11-5-10(8-20)6-12(17)7-11/h5-7,13H,3-4,9H2,1-2H3/t13-,15+/m0/s1. The molecule has 2 saturated heterocycles. The van der Waals surface area contributed by atoms with Crippen molar-refractivity contribution in [3.63, 3.8) is 0 Å². The predicted molar refractivity (Wildman–Crippen MR) is 75.6 cm³/mol. The van der Waals surface area contributed by atoms with Gasteiger partial charge in [-0.15, -0.1) is 0 Å². The summed E-state index contributed by atoms with van der Waals surface area (Å²) in [7, 11) is 0. The van der Waals surface area contributed by atoms with Crippen LogP contribution in [-0.2, 0) is 4.79 Å². The Kier molecular flexibility index (Phi) is 3.41. The van der Waals surface area contributed by atoms with Crippen LogP contribution in [0.2, 0.25) is 0 Å². The number of nitriles is 1. The van der Waals surface area contributed by atoms with Crippen molar-refractivity contribution in [1.82, 2.24) is 10.0 Å². The van der Waals surface area contributed by atoms with Gasteiger partial charge >= 0.3 is 0 Å². The minimum Gasteiger partial charge on any atom is -0.272 e. The summed E-state index contributed by atoms with van der Waals surface area (Å²) in [6.45, 7) is 2.39. The van der Waals surface area contributed by atoms with Crippen LogP contribution in [-0.4, -0.2) is 34.9 Å². The second kappa shape index (κ2) is 4.96. The van der Waals surface area contributed by atoms with E-state index < -0.39 is 29.1 Å². The number of carbonyl (C=O) groups excluding carboxylic acids is 1. The van der Waals surface area contributed by atoms with Gasteiger partial charge in [-0.05, 0) is 37.1 Å². The molecule has 4 nitrogen and oxygen atoms in total. The average Bonchev–Trinajstić information content (AvgIpc) is 2.97. The van der Waals surface area contributed by atoms with E-state index in [1.54, 1.807) is 5.01 Å². The molecule has 2 atom stereocenters. The molecule has 2 aliphatic heterocycles. The second-order valence-electron chi connectivity index (χ2n) is 6.45. The minimum atomic E-state index is -3.15. The lowest BCUT2D eigenvalue weighted by atomic mass is 9.83. The first kappa shape index (κ1) is 15.8. The van der Waals surface area contributed by atoms with E-state index in [0.29, 0.717) is 18.5 Å². The van der Waals surface area contributed by atoms with Crippen molar-refractivity contribution in [2.75, 3.05) is 13.1 Å². The molecule has 0 spiro atoms. The van der Waals surface area contributed by atoms with Crippen molar-refractivity contribution in [3.05, 3.63) is 35.1 Å². The third-order valence-corrected chi connectivity index (χ3v) is 4.84. The first-order valence-electron chi connectivity index (χ1n) is 7.34. The molecule has 23 heavy (non-hydrogen) atoms. The molecule has 0 radical (unpaired) electrons. The van der Waals surface area contributed by atoms with E-state index in [-0.39, 0.29) is 12.1 Å². The molecule has 0 saturated carbocycles. The summed E-state index contributed by atoms with van der Waals surface area (Å²) in [6.07, 6.45) is 0.519. The lowest BCUT2D eigenvalue weighted by Gasteiger charge is -2.30. The van der Waals surface area contributed by atoms with Crippen LogP contribution in [0.1, 0.15) is 37.4 Å². The van der Waals surface area contributed by atoms with Gasteiger partial charge in [-0.1, -0.05) is 0 Å². The first-order chi connectivity index (χ1) is 10.7. The highest BCUT2D eigenvalue weighted by atomic mass is 19.3. The summed E-state index contributed by atoms with van der Waals surface area (Å²) in [5.74, 6) is -4.39. The van der Waals surface area contributed by atoms with Crippen molar-refractivity contribution in [1.29, 1.82) is 5.26 Å². The fraction of sp³-hybridized carbons (Fsp3) is 0.500. The quantitative estimate of drug-likeness (QED) is 0.841. The number of benzene rings is 1.